The Kier molecular flexibility index (Phi) is 2.38. The molecule has 0 aliphatic rings. The normalized spacial score (nSPS) is 10.9. The number of para-hydroxylation sites is 1. The molecule has 0 bridgehead atoms. The molecule has 0 spiro atoms. The van der Waals surface area contributed by atoms with Crippen LogP contribution >= 0.6 is 11.3 Å². The number of nitrogens with zero attached hydrogens (tertiary/aromatic N) is 3. The molecule has 0 saturated heterocycles. The first-order valence-corrected chi connectivity index (χ1v) is 6.15. The average molecular weight is 259 g/mol. The Labute approximate surface area is 106 Å². The molecule has 3 aromatic rings. The number of hydrogen-bond donors (Lipinski definition) is 1. The van der Waals surface area contributed by atoms with Crippen LogP contribution in [0.3, 0.4) is 0 Å². The highest BCUT2D eigenvalue weighted by Gasteiger charge is 2.15. The predicted molar refractivity (Wildman–Crippen MR) is 68.8 cm³/mol. The quantitative estimate of drug-likeness (QED) is 0.767. The van der Waals surface area contributed by atoms with Crippen molar-refractivity contribution in [1.29, 1.82) is 0 Å². The number of carbonyl (C=O) groups is 1. The second-order valence-electron chi connectivity index (χ2n) is 3.83. The topological polar surface area (TPSA) is 68.0 Å². The van der Waals surface area contributed by atoms with E-state index in [2.05, 4.69) is 10.1 Å². The van der Waals surface area contributed by atoms with Crippen molar-refractivity contribution in [3.05, 3.63) is 35.3 Å². The first-order valence-electron chi connectivity index (χ1n) is 5.28. The van der Waals surface area contributed by atoms with Crippen LogP contribution in [0.15, 0.2) is 29.6 Å². The van der Waals surface area contributed by atoms with Gasteiger partial charge in [-0.2, -0.15) is 5.10 Å². The molecule has 0 aliphatic carbocycles. The molecule has 18 heavy (non-hydrogen) atoms. The van der Waals surface area contributed by atoms with Gasteiger partial charge in [-0.3, -0.25) is 4.68 Å². The molecule has 3 rings (SSSR count). The molecule has 0 radical (unpaired) electrons. The number of aryl methyl sites for hydroxylation is 1. The second-order valence-corrected chi connectivity index (χ2v) is 4.69. The second kappa shape index (κ2) is 3.92. The van der Waals surface area contributed by atoms with Crippen molar-refractivity contribution < 1.29 is 9.90 Å². The monoisotopic (exact) mass is 259 g/mol. The van der Waals surface area contributed by atoms with Crippen molar-refractivity contribution in [1.82, 2.24) is 14.8 Å². The van der Waals surface area contributed by atoms with Crippen LogP contribution < -0.4 is 0 Å². The molecule has 0 aliphatic heterocycles. The van der Waals surface area contributed by atoms with E-state index in [1.165, 1.54) is 16.7 Å². The number of fused-ring (bicyclic) bond motifs is 1. The van der Waals surface area contributed by atoms with Gasteiger partial charge in [0.1, 0.15) is 10.7 Å². The molecule has 2 aromatic heterocycles. The number of hydrogen-bond acceptors (Lipinski definition) is 4. The molecule has 5 nitrogen and oxygen atoms in total. The third kappa shape index (κ3) is 1.58. The van der Waals surface area contributed by atoms with Crippen molar-refractivity contribution in [3.8, 4) is 10.7 Å². The summed E-state index contributed by atoms with van der Waals surface area (Å²) in [6, 6.07) is 7.80. The molecule has 1 aromatic carbocycles. The lowest BCUT2D eigenvalue weighted by molar-refractivity contribution is 0.0691. The van der Waals surface area contributed by atoms with Gasteiger partial charge in [-0.05, 0) is 6.07 Å². The first-order chi connectivity index (χ1) is 8.66. The van der Waals surface area contributed by atoms with Gasteiger partial charge in [0.15, 0.2) is 5.69 Å². The van der Waals surface area contributed by atoms with Gasteiger partial charge >= 0.3 is 5.97 Å². The van der Waals surface area contributed by atoms with Gasteiger partial charge in [-0.1, -0.05) is 18.2 Å². The Hall–Kier alpha value is -2.21. The maximum absolute atomic E-state index is 10.8. The minimum absolute atomic E-state index is 0.0599. The van der Waals surface area contributed by atoms with Gasteiger partial charge in [0.05, 0.1) is 5.52 Å². The van der Waals surface area contributed by atoms with E-state index < -0.39 is 5.97 Å². The van der Waals surface area contributed by atoms with E-state index in [-0.39, 0.29) is 5.69 Å². The van der Waals surface area contributed by atoms with Crippen LogP contribution in [0.1, 0.15) is 10.5 Å². The fourth-order valence-electron chi connectivity index (χ4n) is 1.85. The maximum Gasteiger partial charge on any atom is 0.355 e. The number of carboxylic acid groups (broad SMARTS) is 1. The Bertz CT molecular complexity index is 745. The van der Waals surface area contributed by atoms with Gasteiger partial charge in [-0.15, -0.1) is 11.3 Å². The van der Waals surface area contributed by atoms with Gasteiger partial charge < -0.3 is 5.11 Å². The average Bonchev–Trinajstić information content (AvgIpc) is 2.95. The first kappa shape index (κ1) is 10.9. The zero-order chi connectivity index (χ0) is 12.7. The molecular weight excluding hydrogens is 250 g/mol. The van der Waals surface area contributed by atoms with Crippen LogP contribution in [0.25, 0.3) is 21.6 Å². The third-order valence-electron chi connectivity index (χ3n) is 2.68. The number of thiazole rings is 1. The number of rotatable bonds is 2. The van der Waals surface area contributed by atoms with E-state index in [0.717, 1.165) is 16.6 Å². The highest BCUT2D eigenvalue weighted by atomic mass is 32.1. The van der Waals surface area contributed by atoms with Crippen molar-refractivity contribution in [2.45, 2.75) is 0 Å². The Morgan fingerprint density at radius 3 is 2.89 bits per heavy atom. The fourth-order valence-corrected chi connectivity index (χ4v) is 2.64. The molecule has 90 valence electrons. The van der Waals surface area contributed by atoms with E-state index in [1.54, 1.807) is 4.68 Å². The molecule has 0 atom stereocenters. The highest BCUT2D eigenvalue weighted by Crippen LogP contribution is 2.29. The summed E-state index contributed by atoms with van der Waals surface area (Å²) in [5.74, 6) is -1.02. The van der Waals surface area contributed by atoms with E-state index in [0.29, 0.717) is 5.01 Å². The maximum atomic E-state index is 10.8. The number of benzene rings is 1. The van der Waals surface area contributed by atoms with E-state index in [1.807, 2.05) is 31.3 Å². The summed E-state index contributed by atoms with van der Waals surface area (Å²) in [4.78, 5) is 14.9. The largest absolute Gasteiger partial charge is 0.476 e. The molecule has 6 heteroatoms. The lowest BCUT2D eigenvalue weighted by Crippen LogP contribution is -1.95. The van der Waals surface area contributed by atoms with Gasteiger partial charge in [0, 0.05) is 17.8 Å². The van der Waals surface area contributed by atoms with Gasteiger partial charge in [0.2, 0.25) is 0 Å². The van der Waals surface area contributed by atoms with E-state index in [9.17, 15) is 4.79 Å². The zero-order valence-corrected chi connectivity index (χ0v) is 10.3. The Morgan fingerprint density at radius 1 is 1.39 bits per heavy atom. The lowest BCUT2D eigenvalue weighted by Gasteiger charge is -1.91. The Balaban J connectivity index is 2.22. The van der Waals surface area contributed by atoms with Crippen molar-refractivity contribution >= 4 is 28.2 Å². The summed E-state index contributed by atoms with van der Waals surface area (Å²) in [5, 5.41) is 16.4. The minimum Gasteiger partial charge on any atom is -0.476 e. The van der Waals surface area contributed by atoms with Crippen LogP contribution in [0.4, 0.5) is 0 Å². The standard InChI is InChI=1S/C12H9N3O2S/c1-15-9-5-3-2-4-7(9)10(14-15)11-13-8(6-18-11)12(16)17/h2-6H,1H3,(H,16,17). The summed E-state index contributed by atoms with van der Waals surface area (Å²) in [6.07, 6.45) is 0. The SMILES string of the molecule is Cn1nc(-c2nc(C(=O)O)cs2)c2ccccc21. The zero-order valence-electron chi connectivity index (χ0n) is 9.49. The molecular formula is C12H9N3O2S. The highest BCUT2D eigenvalue weighted by molar-refractivity contribution is 7.13. The molecule has 0 amide bonds. The molecule has 0 fully saturated rings. The van der Waals surface area contributed by atoms with Crippen molar-refractivity contribution in [3.63, 3.8) is 0 Å². The summed E-state index contributed by atoms with van der Waals surface area (Å²) in [7, 11) is 1.86. The van der Waals surface area contributed by atoms with Crippen molar-refractivity contribution in [2.75, 3.05) is 0 Å². The summed E-state index contributed by atoms with van der Waals surface area (Å²) < 4.78 is 1.77. The van der Waals surface area contributed by atoms with E-state index >= 15 is 0 Å². The van der Waals surface area contributed by atoms with Crippen LogP contribution in [0.5, 0.6) is 0 Å². The fraction of sp³-hybridized carbons (Fsp3) is 0.0833. The van der Waals surface area contributed by atoms with Gasteiger partial charge in [0.25, 0.3) is 0 Å². The predicted octanol–water partition coefficient (Wildman–Crippen LogP) is 2.40. The summed E-state index contributed by atoms with van der Waals surface area (Å²) >= 11 is 1.29. The molecule has 1 N–H and O–H groups in total. The van der Waals surface area contributed by atoms with Crippen LogP contribution in [-0.2, 0) is 7.05 Å². The smallest absolute Gasteiger partial charge is 0.355 e. The third-order valence-corrected chi connectivity index (χ3v) is 3.53. The Morgan fingerprint density at radius 2 is 2.17 bits per heavy atom. The molecule has 2 heterocycles. The molecule has 0 saturated carbocycles. The number of aromatic carboxylic acids is 1. The van der Waals surface area contributed by atoms with Gasteiger partial charge in [-0.25, -0.2) is 9.78 Å². The summed E-state index contributed by atoms with van der Waals surface area (Å²) in [6.45, 7) is 0. The number of aromatic nitrogens is 3. The lowest BCUT2D eigenvalue weighted by atomic mass is 10.2. The van der Waals surface area contributed by atoms with Crippen molar-refractivity contribution in [2.24, 2.45) is 7.05 Å². The molecule has 0 unspecified atom stereocenters. The number of carboxylic acids is 1. The van der Waals surface area contributed by atoms with Crippen LogP contribution in [0, 0.1) is 0 Å². The van der Waals surface area contributed by atoms with E-state index in [4.69, 9.17) is 5.11 Å². The summed E-state index contributed by atoms with van der Waals surface area (Å²) in [5.41, 5.74) is 1.79. The minimum atomic E-state index is -1.02. The van der Waals surface area contributed by atoms with Crippen LogP contribution in [-0.4, -0.2) is 25.8 Å². The van der Waals surface area contributed by atoms with Crippen LogP contribution in [0.2, 0.25) is 0 Å².